The summed E-state index contributed by atoms with van der Waals surface area (Å²) in [6, 6.07) is 78.3. The van der Waals surface area contributed by atoms with Crippen LogP contribution in [0.1, 0.15) is 55.4 Å². The van der Waals surface area contributed by atoms with E-state index in [1.165, 1.54) is 43.8 Å². The van der Waals surface area contributed by atoms with E-state index in [2.05, 4.69) is 228 Å². The summed E-state index contributed by atoms with van der Waals surface area (Å²) < 4.78 is 0. The van der Waals surface area contributed by atoms with E-state index >= 15 is 0 Å². The summed E-state index contributed by atoms with van der Waals surface area (Å²) in [6.45, 7) is 16.0. The van der Waals surface area contributed by atoms with E-state index < -0.39 is 0 Å². The van der Waals surface area contributed by atoms with Crippen molar-refractivity contribution in [3.8, 4) is 22.3 Å². The number of nitrogens with zero attached hydrogens (tertiary/aromatic N) is 2. The first-order valence-electron chi connectivity index (χ1n) is 21.8. The molecule has 0 bridgehead atoms. The van der Waals surface area contributed by atoms with E-state index in [1.807, 2.05) is 55.4 Å². The highest BCUT2D eigenvalue weighted by Gasteiger charge is 2.27. The van der Waals surface area contributed by atoms with Crippen LogP contribution in [0.3, 0.4) is 0 Å². The first kappa shape index (κ1) is 44.2. The summed E-state index contributed by atoms with van der Waals surface area (Å²) in [5.41, 5.74) is 11.3. The van der Waals surface area contributed by atoms with E-state index in [9.17, 15) is 0 Å². The maximum absolute atomic E-state index is 2.44. The molecule has 2 nitrogen and oxygen atoms in total. The maximum Gasteiger partial charge on any atom is 0.0788 e. The Morgan fingerprint density at radius 2 is 0.417 bits per heavy atom. The first-order valence-corrected chi connectivity index (χ1v) is 21.8. The molecule has 0 saturated heterocycles. The summed E-state index contributed by atoms with van der Waals surface area (Å²) in [4.78, 5) is 4.88. The number of anilines is 6. The third-order valence-electron chi connectivity index (χ3n) is 9.82. The molecule has 9 aromatic carbocycles. The highest BCUT2D eigenvalue weighted by molar-refractivity contribution is 6.23. The Balaban J connectivity index is 0.000000807. The van der Waals surface area contributed by atoms with Crippen molar-refractivity contribution >= 4 is 55.7 Å². The Bertz CT molecular complexity index is 2400. The van der Waals surface area contributed by atoms with Crippen LogP contribution in [0.5, 0.6) is 0 Å². The van der Waals surface area contributed by atoms with Crippen LogP contribution in [0.2, 0.25) is 0 Å². The van der Waals surface area contributed by atoms with Crippen LogP contribution < -0.4 is 9.80 Å². The Labute approximate surface area is 360 Å². The molecule has 9 aromatic rings. The van der Waals surface area contributed by atoms with Gasteiger partial charge in [-0.3, -0.25) is 0 Å². The molecule has 0 aliphatic heterocycles. The predicted molar refractivity (Wildman–Crippen MR) is 267 cm³/mol. The quantitative estimate of drug-likeness (QED) is 0.112. The normalized spacial score (nSPS) is 10.0. The lowest BCUT2D eigenvalue weighted by Gasteiger charge is -2.35. The van der Waals surface area contributed by atoms with Gasteiger partial charge in [0.15, 0.2) is 0 Å². The summed E-state index contributed by atoms with van der Waals surface area (Å²) >= 11 is 0. The number of para-hydroxylation sites is 2. The Morgan fingerprint density at radius 3 is 0.717 bits per heavy atom. The molecule has 9 rings (SSSR count). The average Bonchev–Trinajstić information content (AvgIpc) is 3.36. The number of fused-ring (bicyclic) bond motifs is 3. The van der Waals surface area contributed by atoms with Crippen molar-refractivity contribution in [3.63, 3.8) is 0 Å². The number of benzene rings is 9. The van der Waals surface area contributed by atoms with Crippen LogP contribution in [-0.2, 0) is 0 Å². The minimum absolute atomic E-state index is 1.08. The zero-order valence-corrected chi connectivity index (χ0v) is 36.7. The van der Waals surface area contributed by atoms with Gasteiger partial charge >= 0.3 is 0 Å². The molecule has 0 fully saturated rings. The third-order valence-corrected chi connectivity index (χ3v) is 9.82. The van der Waals surface area contributed by atoms with Gasteiger partial charge in [0.2, 0.25) is 0 Å². The molecule has 60 heavy (non-hydrogen) atoms. The van der Waals surface area contributed by atoms with Gasteiger partial charge in [-0.2, -0.15) is 0 Å². The van der Waals surface area contributed by atoms with Crippen LogP contribution in [-0.4, -0.2) is 0 Å². The minimum Gasteiger partial charge on any atom is -0.308 e. The molecule has 0 N–H and O–H groups in total. The fraction of sp³-hybridized carbons (Fsp3) is 0.138. The van der Waals surface area contributed by atoms with Gasteiger partial charge in [-0.1, -0.05) is 225 Å². The van der Waals surface area contributed by atoms with Crippen molar-refractivity contribution in [3.05, 3.63) is 218 Å². The van der Waals surface area contributed by atoms with Crippen LogP contribution in [0.25, 0.3) is 43.8 Å². The van der Waals surface area contributed by atoms with Gasteiger partial charge < -0.3 is 9.80 Å². The lowest BCUT2D eigenvalue weighted by Crippen LogP contribution is -2.18. The Kier molecular flexibility index (Phi) is 16.9. The van der Waals surface area contributed by atoms with Gasteiger partial charge in [-0.25, -0.2) is 0 Å². The maximum atomic E-state index is 2.44. The molecule has 0 aliphatic rings. The first-order chi connectivity index (χ1) is 29.8. The summed E-state index contributed by atoms with van der Waals surface area (Å²) in [5, 5.41) is 4.78. The van der Waals surface area contributed by atoms with Crippen molar-refractivity contribution in [1.82, 2.24) is 0 Å². The summed E-state index contributed by atoms with van der Waals surface area (Å²) in [5.74, 6) is 0. The fourth-order valence-electron chi connectivity index (χ4n) is 7.39. The van der Waals surface area contributed by atoms with Crippen molar-refractivity contribution < 1.29 is 0 Å². The van der Waals surface area contributed by atoms with Crippen molar-refractivity contribution in [2.45, 2.75) is 55.4 Å². The molecule has 0 amide bonds. The Hall–Kier alpha value is -6.90. The molecular weight excluding hydrogens is 725 g/mol. The highest BCUT2D eigenvalue weighted by Crippen LogP contribution is 2.53. The smallest absolute Gasteiger partial charge is 0.0788 e. The van der Waals surface area contributed by atoms with Crippen molar-refractivity contribution in [1.29, 1.82) is 0 Å². The molecule has 2 heteroatoms. The fourth-order valence-corrected chi connectivity index (χ4v) is 7.39. The van der Waals surface area contributed by atoms with Gasteiger partial charge in [0, 0.05) is 33.5 Å². The van der Waals surface area contributed by atoms with Gasteiger partial charge in [-0.15, -0.1) is 0 Å². The zero-order chi connectivity index (χ0) is 42.7. The standard InChI is InChI=1S/C50H36N2.4C2H6/c1-5-17-37(18-6-1)39-29-33-43(34-30-39)51(41-21-9-3-10-22-41)49-47-27-15-13-25-45(47)46-26-14-16-28-48(46)50(49)52(42-23-11-4-12-24-42)44-35-31-40(32-36-44)38-19-7-2-8-20-38;4*1-2/h1-36H;4*1-2H3. The third kappa shape index (κ3) is 9.68. The van der Waals surface area contributed by atoms with E-state index in [0.29, 0.717) is 0 Å². The van der Waals surface area contributed by atoms with Crippen LogP contribution >= 0.6 is 0 Å². The molecule has 0 spiro atoms. The van der Waals surface area contributed by atoms with Crippen LogP contribution in [0.15, 0.2) is 218 Å². The topological polar surface area (TPSA) is 6.48 Å². The lowest BCUT2D eigenvalue weighted by molar-refractivity contribution is 1.25. The molecule has 0 aromatic heterocycles. The van der Waals surface area contributed by atoms with Crippen molar-refractivity contribution in [2.75, 3.05) is 9.80 Å². The average molecular weight is 785 g/mol. The van der Waals surface area contributed by atoms with Crippen LogP contribution in [0.4, 0.5) is 34.1 Å². The predicted octanol–water partition coefficient (Wildman–Crippen LogP) is 18.4. The summed E-state index contributed by atoms with van der Waals surface area (Å²) in [7, 11) is 0. The lowest BCUT2D eigenvalue weighted by atomic mass is 9.95. The summed E-state index contributed by atoms with van der Waals surface area (Å²) in [6.07, 6.45) is 0. The van der Waals surface area contributed by atoms with Crippen molar-refractivity contribution in [2.24, 2.45) is 0 Å². The zero-order valence-electron chi connectivity index (χ0n) is 36.7. The van der Waals surface area contributed by atoms with E-state index in [1.54, 1.807) is 0 Å². The molecular formula is C58H60N2. The van der Waals surface area contributed by atoms with E-state index in [0.717, 1.165) is 34.1 Å². The largest absolute Gasteiger partial charge is 0.308 e. The number of rotatable bonds is 8. The second-order valence-corrected chi connectivity index (χ2v) is 13.0. The Morgan fingerprint density at radius 1 is 0.200 bits per heavy atom. The van der Waals surface area contributed by atoms with E-state index in [4.69, 9.17) is 0 Å². The van der Waals surface area contributed by atoms with Gasteiger partial charge in [-0.05, 0) is 81.6 Å². The van der Waals surface area contributed by atoms with E-state index in [-0.39, 0.29) is 0 Å². The second-order valence-electron chi connectivity index (χ2n) is 13.0. The van der Waals surface area contributed by atoms with Gasteiger partial charge in [0.25, 0.3) is 0 Å². The molecule has 302 valence electrons. The van der Waals surface area contributed by atoms with Crippen LogP contribution in [0, 0.1) is 0 Å². The molecule has 0 aliphatic carbocycles. The molecule has 0 radical (unpaired) electrons. The molecule has 0 heterocycles. The highest BCUT2D eigenvalue weighted by atomic mass is 15.2. The second kappa shape index (κ2) is 22.9. The molecule has 0 atom stereocenters. The minimum atomic E-state index is 1.08. The monoisotopic (exact) mass is 784 g/mol. The number of hydrogen-bond donors (Lipinski definition) is 0. The van der Waals surface area contributed by atoms with Gasteiger partial charge in [0.1, 0.15) is 0 Å². The number of hydrogen-bond acceptors (Lipinski definition) is 2. The molecule has 0 unspecified atom stereocenters. The van der Waals surface area contributed by atoms with Gasteiger partial charge in [0.05, 0.1) is 11.4 Å². The molecule has 0 saturated carbocycles. The SMILES string of the molecule is CC.CC.CC.CC.c1ccc(-c2ccc(N(c3ccccc3)c3c(N(c4ccccc4)c4ccc(-c5ccccc5)cc4)c4ccccc4c4ccccc34)cc2)cc1.